The molecule has 1 fully saturated rings. The van der Waals surface area contributed by atoms with Gasteiger partial charge in [0, 0.05) is 54.3 Å². The number of nitrogens with zero attached hydrogens (tertiary/aromatic N) is 7. The smallest absolute Gasteiger partial charge is 0.231 e. The minimum Gasteiger partial charge on any atom is -0.378 e. The van der Waals surface area contributed by atoms with Crippen LogP contribution in [0.15, 0.2) is 73.6 Å². The van der Waals surface area contributed by atoms with E-state index in [0.717, 1.165) is 54.5 Å². The zero-order chi connectivity index (χ0) is 25.2. The molecule has 5 aromatic rings. The lowest BCUT2D eigenvalue weighted by Crippen LogP contribution is -2.36. The van der Waals surface area contributed by atoms with E-state index in [2.05, 4.69) is 68.2 Å². The fraction of sp³-hybridized carbons (Fsp3) is 0.259. The zero-order valence-electron chi connectivity index (χ0n) is 20.9. The lowest BCUT2D eigenvalue weighted by molar-refractivity contribution is 0.122. The summed E-state index contributed by atoms with van der Waals surface area (Å²) in [5, 5.41) is 6.82. The molecule has 0 aliphatic carbocycles. The number of rotatable bonds is 7. The molecule has 0 saturated carbocycles. The van der Waals surface area contributed by atoms with Crippen LogP contribution in [0.2, 0.25) is 0 Å². The standard InChI is InChI=1S/C27H29N9O/c1-19(2)36-18-29-24-25(30-20-3-7-22(8-4-20)34-13-15-37-16-14-34)32-27(33-26(24)36)31-21-5-9-23(10-6-21)35-12-11-28-17-35/h3-12,17-19H,13-16H2,1-2H3,(H2,30,31,32,33). The Morgan fingerprint density at radius 2 is 1.54 bits per heavy atom. The SMILES string of the molecule is CC(C)n1cnc2c(Nc3ccc(N4CCOCC4)cc3)nc(Nc3ccc(-n4ccnc4)cc3)nc21. The number of benzene rings is 2. The second-order valence-corrected chi connectivity index (χ2v) is 9.23. The van der Waals surface area contributed by atoms with E-state index < -0.39 is 0 Å². The first-order valence-electron chi connectivity index (χ1n) is 12.4. The van der Waals surface area contributed by atoms with E-state index in [9.17, 15) is 0 Å². The van der Waals surface area contributed by atoms with Crippen molar-refractivity contribution in [3.8, 4) is 5.69 Å². The summed E-state index contributed by atoms with van der Waals surface area (Å²) < 4.78 is 9.48. The van der Waals surface area contributed by atoms with Crippen LogP contribution >= 0.6 is 0 Å². The monoisotopic (exact) mass is 495 g/mol. The Balaban J connectivity index is 1.29. The second-order valence-electron chi connectivity index (χ2n) is 9.23. The Morgan fingerprint density at radius 1 is 0.838 bits per heavy atom. The number of imidazole rings is 2. The molecule has 1 aliphatic heterocycles. The molecular weight excluding hydrogens is 466 g/mol. The van der Waals surface area contributed by atoms with E-state index in [1.165, 1.54) is 5.69 Å². The van der Waals surface area contributed by atoms with Crippen molar-refractivity contribution in [1.29, 1.82) is 0 Å². The summed E-state index contributed by atoms with van der Waals surface area (Å²) in [4.78, 5) is 20.7. The minimum absolute atomic E-state index is 0.211. The average Bonchev–Trinajstić information content (AvgIpc) is 3.61. The third-order valence-corrected chi connectivity index (χ3v) is 6.41. The van der Waals surface area contributed by atoms with Crippen LogP contribution in [0.25, 0.3) is 16.9 Å². The number of hydrogen-bond acceptors (Lipinski definition) is 8. The lowest BCUT2D eigenvalue weighted by atomic mass is 10.2. The Hall–Kier alpha value is -4.44. The Kier molecular flexibility index (Phi) is 6.15. The molecule has 2 N–H and O–H groups in total. The van der Waals surface area contributed by atoms with Crippen molar-refractivity contribution in [3.05, 3.63) is 73.6 Å². The van der Waals surface area contributed by atoms with E-state index in [0.29, 0.717) is 11.8 Å². The number of nitrogens with one attached hydrogen (secondary N) is 2. The molecule has 1 saturated heterocycles. The van der Waals surface area contributed by atoms with Crippen LogP contribution in [0.3, 0.4) is 0 Å². The minimum atomic E-state index is 0.211. The van der Waals surface area contributed by atoms with Crippen LogP contribution in [-0.4, -0.2) is 55.4 Å². The van der Waals surface area contributed by atoms with Gasteiger partial charge in [-0.1, -0.05) is 0 Å². The van der Waals surface area contributed by atoms with Crippen molar-refractivity contribution in [1.82, 2.24) is 29.1 Å². The highest BCUT2D eigenvalue weighted by Crippen LogP contribution is 2.28. The highest BCUT2D eigenvalue weighted by molar-refractivity contribution is 5.87. The highest BCUT2D eigenvalue weighted by atomic mass is 16.5. The lowest BCUT2D eigenvalue weighted by Gasteiger charge is -2.28. The molecule has 10 nitrogen and oxygen atoms in total. The van der Waals surface area contributed by atoms with Gasteiger partial charge in [0.1, 0.15) is 0 Å². The van der Waals surface area contributed by atoms with Gasteiger partial charge in [-0.2, -0.15) is 9.97 Å². The summed E-state index contributed by atoms with van der Waals surface area (Å²) in [6.07, 6.45) is 7.27. The van der Waals surface area contributed by atoms with Crippen molar-refractivity contribution >= 4 is 40.0 Å². The summed E-state index contributed by atoms with van der Waals surface area (Å²) in [5.74, 6) is 1.15. The van der Waals surface area contributed by atoms with Crippen molar-refractivity contribution in [2.45, 2.75) is 19.9 Å². The average molecular weight is 496 g/mol. The maximum atomic E-state index is 5.47. The van der Waals surface area contributed by atoms with Gasteiger partial charge < -0.3 is 29.4 Å². The van der Waals surface area contributed by atoms with Crippen molar-refractivity contribution in [2.75, 3.05) is 41.8 Å². The molecule has 0 amide bonds. The molecule has 1 aliphatic rings. The summed E-state index contributed by atoms with van der Waals surface area (Å²) in [6, 6.07) is 16.6. The van der Waals surface area contributed by atoms with Gasteiger partial charge in [0.05, 0.1) is 25.9 Å². The van der Waals surface area contributed by atoms with E-state index in [-0.39, 0.29) is 6.04 Å². The number of morpholine rings is 1. The summed E-state index contributed by atoms with van der Waals surface area (Å²) in [5.41, 5.74) is 5.54. The molecule has 4 heterocycles. The summed E-state index contributed by atoms with van der Waals surface area (Å²) >= 11 is 0. The summed E-state index contributed by atoms with van der Waals surface area (Å²) in [7, 11) is 0. The third-order valence-electron chi connectivity index (χ3n) is 6.41. The molecule has 37 heavy (non-hydrogen) atoms. The molecule has 0 bridgehead atoms. The van der Waals surface area contributed by atoms with Gasteiger partial charge >= 0.3 is 0 Å². The first-order valence-corrected chi connectivity index (χ1v) is 12.4. The molecule has 2 aromatic carbocycles. The van der Waals surface area contributed by atoms with Crippen molar-refractivity contribution in [2.24, 2.45) is 0 Å². The quantitative estimate of drug-likeness (QED) is 0.328. The predicted molar refractivity (Wildman–Crippen MR) is 145 cm³/mol. The highest BCUT2D eigenvalue weighted by Gasteiger charge is 2.16. The number of hydrogen-bond donors (Lipinski definition) is 2. The van der Waals surface area contributed by atoms with E-state index >= 15 is 0 Å². The van der Waals surface area contributed by atoms with Gasteiger partial charge in [-0.25, -0.2) is 9.97 Å². The van der Waals surface area contributed by atoms with Crippen LogP contribution in [0.4, 0.5) is 28.8 Å². The summed E-state index contributed by atoms with van der Waals surface area (Å²) in [6.45, 7) is 7.57. The fourth-order valence-corrected chi connectivity index (χ4v) is 4.41. The molecule has 3 aromatic heterocycles. The predicted octanol–water partition coefficient (Wildman–Crippen LogP) is 4.92. The van der Waals surface area contributed by atoms with Crippen LogP contribution in [0.1, 0.15) is 19.9 Å². The normalized spacial score (nSPS) is 13.9. The molecule has 0 spiro atoms. The Labute approximate surface area is 215 Å². The van der Waals surface area contributed by atoms with Crippen LogP contribution < -0.4 is 15.5 Å². The fourth-order valence-electron chi connectivity index (χ4n) is 4.41. The van der Waals surface area contributed by atoms with Crippen LogP contribution in [0, 0.1) is 0 Å². The zero-order valence-corrected chi connectivity index (χ0v) is 20.9. The molecular formula is C27H29N9O. The van der Waals surface area contributed by atoms with Gasteiger partial charge in [0.15, 0.2) is 17.0 Å². The molecule has 0 radical (unpaired) electrons. The molecule has 6 rings (SSSR count). The van der Waals surface area contributed by atoms with Crippen LogP contribution in [-0.2, 0) is 4.74 Å². The largest absolute Gasteiger partial charge is 0.378 e. The Morgan fingerprint density at radius 3 is 2.22 bits per heavy atom. The van der Waals surface area contributed by atoms with Crippen molar-refractivity contribution in [3.63, 3.8) is 0 Å². The second kappa shape index (κ2) is 9.90. The molecule has 10 heteroatoms. The van der Waals surface area contributed by atoms with Gasteiger partial charge in [0.25, 0.3) is 0 Å². The maximum Gasteiger partial charge on any atom is 0.231 e. The molecule has 0 atom stereocenters. The number of fused-ring (bicyclic) bond motifs is 1. The maximum absolute atomic E-state index is 5.47. The molecule has 188 valence electrons. The topological polar surface area (TPSA) is 98.0 Å². The first-order chi connectivity index (χ1) is 18.1. The van der Waals surface area contributed by atoms with Gasteiger partial charge in [-0.05, 0) is 62.4 Å². The van der Waals surface area contributed by atoms with E-state index in [1.807, 2.05) is 41.4 Å². The molecule has 0 unspecified atom stereocenters. The Bertz CT molecular complexity index is 1470. The van der Waals surface area contributed by atoms with Gasteiger partial charge in [-0.3, -0.25) is 0 Å². The number of ether oxygens (including phenoxy) is 1. The van der Waals surface area contributed by atoms with Crippen LogP contribution in [0.5, 0.6) is 0 Å². The van der Waals surface area contributed by atoms with Gasteiger partial charge in [0.2, 0.25) is 5.95 Å². The third kappa shape index (κ3) is 4.83. The van der Waals surface area contributed by atoms with Gasteiger partial charge in [-0.15, -0.1) is 0 Å². The number of anilines is 5. The van der Waals surface area contributed by atoms with E-state index in [4.69, 9.17) is 14.7 Å². The van der Waals surface area contributed by atoms with E-state index in [1.54, 1.807) is 12.5 Å². The van der Waals surface area contributed by atoms with Crippen molar-refractivity contribution < 1.29 is 4.74 Å². The first kappa shape index (κ1) is 23.0. The number of aromatic nitrogens is 6.